The molecular weight excluding hydrogens is 1100 g/mol. The second-order valence-corrected chi connectivity index (χ2v) is 25.0. The van der Waals surface area contributed by atoms with Crippen molar-refractivity contribution in [2.75, 3.05) is 38.3 Å². The Bertz CT molecular complexity index is 2490. The molecule has 3 aromatic rings. The van der Waals surface area contributed by atoms with Crippen LogP contribution in [0.15, 0.2) is 30.7 Å². The second kappa shape index (κ2) is 42.8. The minimum absolute atomic E-state index is 0.0503. The normalized spacial score (nSPS) is 14.8. The number of ether oxygens (including phenoxy) is 5. The van der Waals surface area contributed by atoms with Gasteiger partial charge >= 0.3 is 30.0 Å². The van der Waals surface area contributed by atoms with Crippen molar-refractivity contribution in [3.05, 3.63) is 47.4 Å². The molecule has 0 bridgehead atoms. The highest BCUT2D eigenvalue weighted by Crippen LogP contribution is 2.31. The number of anilines is 1. The number of fused-ring (bicyclic) bond motifs is 1. The molecule has 1 aliphatic heterocycles. The van der Waals surface area contributed by atoms with E-state index in [2.05, 4.69) is 30.7 Å². The molecule has 1 aromatic carbocycles. The van der Waals surface area contributed by atoms with Gasteiger partial charge in [-0.2, -0.15) is 5.26 Å². The molecule has 3 heterocycles. The van der Waals surface area contributed by atoms with E-state index in [-0.39, 0.29) is 81.2 Å². The maximum absolute atomic E-state index is 13.5. The van der Waals surface area contributed by atoms with Gasteiger partial charge in [0.25, 0.3) is 0 Å². The number of piperidine rings is 1. The summed E-state index contributed by atoms with van der Waals surface area (Å²) in [5.74, 6) is -1.18. The molecule has 4 atom stereocenters. The van der Waals surface area contributed by atoms with Gasteiger partial charge in [-0.25, -0.2) is 19.3 Å². The zero-order valence-electron chi connectivity index (χ0n) is 54.8. The number of likely N-dealkylation sites (tertiary alicyclic amines) is 1. The molecule has 486 valence electrons. The number of amides is 1. The van der Waals surface area contributed by atoms with E-state index in [1.54, 1.807) is 24.1 Å². The van der Waals surface area contributed by atoms with Crippen LogP contribution >= 0.6 is 0 Å². The van der Waals surface area contributed by atoms with Crippen molar-refractivity contribution in [1.82, 2.24) is 19.4 Å². The Labute approximate surface area is 522 Å². The van der Waals surface area contributed by atoms with Crippen molar-refractivity contribution >= 4 is 52.7 Å². The molecule has 1 saturated heterocycles. The average Bonchev–Trinajstić information content (AvgIpc) is 2.18. The lowest BCUT2D eigenvalue weighted by Crippen LogP contribution is -2.52. The van der Waals surface area contributed by atoms with Crippen molar-refractivity contribution in [3.63, 3.8) is 0 Å². The van der Waals surface area contributed by atoms with E-state index < -0.39 is 30.1 Å². The number of unbranched alkanes of at least 4 members (excludes halogenated alkanes) is 24. The number of nitrogens with zero attached hydrogens (tertiary/aromatic N) is 6. The van der Waals surface area contributed by atoms with Gasteiger partial charge < -0.3 is 33.5 Å². The molecule has 4 rings (SSSR count). The molecule has 0 aliphatic carbocycles. The molecule has 1 aliphatic rings. The Morgan fingerprint density at radius 3 is 1.70 bits per heavy atom. The second-order valence-electron chi connectivity index (χ2n) is 25.0. The molecule has 87 heavy (non-hydrogen) atoms. The van der Waals surface area contributed by atoms with E-state index >= 15 is 0 Å². The lowest BCUT2D eigenvalue weighted by Gasteiger charge is -2.42. The molecule has 0 spiro atoms. The third kappa shape index (κ3) is 28.3. The number of rotatable bonds is 45. The molecule has 17 nitrogen and oxygen atoms in total. The molecule has 0 N–H and O–H groups in total. The first-order chi connectivity index (χ1) is 42.1. The first-order valence-electron chi connectivity index (χ1n) is 33.8. The predicted molar refractivity (Wildman–Crippen MR) is 342 cm³/mol. The molecule has 2 aromatic heterocycles. The van der Waals surface area contributed by atoms with Crippen LogP contribution in [0.3, 0.4) is 0 Å². The van der Waals surface area contributed by atoms with Crippen molar-refractivity contribution in [2.45, 2.75) is 279 Å². The van der Waals surface area contributed by atoms with Gasteiger partial charge in [-0.05, 0) is 92.7 Å². The van der Waals surface area contributed by atoms with Gasteiger partial charge in [-0.1, -0.05) is 189 Å². The molecule has 17 heteroatoms. The maximum atomic E-state index is 13.5. The minimum atomic E-state index is -0.937. The lowest BCUT2D eigenvalue weighted by molar-refractivity contribution is -0.167. The predicted octanol–water partition coefficient (Wildman–Crippen LogP) is 16.1. The summed E-state index contributed by atoms with van der Waals surface area (Å²) in [6, 6.07) is 7.29. The van der Waals surface area contributed by atoms with E-state index in [0.29, 0.717) is 65.2 Å². The fourth-order valence-corrected chi connectivity index (χ4v) is 11.7. The first-order valence-corrected chi connectivity index (χ1v) is 33.8. The number of nitriles is 1. The Hall–Kier alpha value is -6.05. The summed E-state index contributed by atoms with van der Waals surface area (Å²) in [5.41, 5.74) is 2.46. The van der Waals surface area contributed by atoms with Crippen LogP contribution in [-0.4, -0.2) is 101 Å². The van der Waals surface area contributed by atoms with Gasteiger partial charge in [0.05, 0.1) is 23.4 Å². The summed E-state index contributed by atoms with van der Waals surface area (Å²) in [6.07, 6.45) is 35.1. The highest BCUT2D eigenvalue weighted by molar-refractivity contribution is 5.93. The number of carbonyl (C=O) groups is 6. The highest BCUT2D eigenvalue weighted by Gasteiger charge is 2.33. The van der Waals surface area contributed by atoms with Crippen LogP contribution in [0.5, 0.6) is 5.75 Å². The smallest absolute Gasteiger partial charge is 0.420 e. The van der Waals surface area contributed by atoms with E-state index in [1.807, 2.05) is 50.9 Å². The number of benzene rings is 1. The van der Waals surface area contributed by atoms with Gasteiger partial charge in [0.15, 0.2) is 11.8 Å². The molecule has 0 radical (unpaired) electrons. The summed E-state index contributed by atoms with van der Waals surface area (Å²) in [6.45, 7) is 14.6. The van der Waals surface area contributed by atoms with E-state index in [1.165, 1.54) is 139 Å². The van der Waals surface area contributed by atoms with Gasteiger partial charge in [-0.3, -0.25) is 24.0 Å². The number of likely N-dealkylation sites (N-methyl/N-ethyl adjacent to an activating group) is 1. The van der Waals surface area contributed by atoms with Crippen LogP contribution in [0.25, 0.3) is 11.0 Å². The van der Waals surface area contributed by atoms with Crippen molar-refractivity contribution < 1.29 is 52.5 Å². The zero-order chi connectivity index (χ0) is 63.2. The quantitative estimate of drug-likeness (QED) is 0.0223. The topological polar surface area (TPSA) is 210 Å². The van der Waals surface area contributed by atoms with Crippen LogP contribution in [0.1, 0.15) is 263 Å². The standard InChI is InChI=1S/C70H110N6O11/c1-9-11-13-15-17-19-21-23-25-27-29-31-33-35-63(78)83-50-59(51-84-64(79)36-34-32-30-28-26-24-22-20-18-16-14-12-10-2)86-65(80)45-53(3)37-38-55(5)69(81)87-66-56(6)46-58(47-57(66)7)49-85-70(82)76-44-41-60-67(72-52-73-68(60)76)74(8)61-48-75(43-40-54(61)4)62(77)39-42-71/h41,44,46-47,52-55,59,61H,9-40,43,45,48-51H2,1-8H3/t53?,54-,55?,61+/m1/s1. The van der Waals surface area contributed by atoms with Crippen LogP contribution in [0.4, 0.5) is 10.6 Å². The fourth-order valence-electron chi connectivity index (χ4n) is 11.7. The van der Waals surface area contributed by atoms with Crippen LogP contribution in [0.2, 0.25) is 0 Å². The van der Waals surface area contributed by atoms with Gasteiger partial charge in [-0.15, -0.1) is 0 Å². The highest BCUT2D eigenvalue weighted by atomic mass is 16.6. The number of esters is 4. The van der Waals surface area contributed by atoms with Crippen molar-refractivity contribution in [1.29, 1.82) is 5.26 Å². The lowest BCUT2D eigenvalue weighted by atomic mass is 9.92. The van der Waals surface area contributed by atoms with E-state index in [9.17, 15) is 28.8 Å². The van der Waals surface area contributed by atoms with Gasteiger partial charge in [0.2, 0.25) is 5.91 Å². The Balaban J connectivity index is 1.21. The minimum Gasteiger partial charge on any atom is -0.462 e. The SMILES string of the molecule is CCCCCCCCCCCCCCCC(=O)OCC(COC(=O)CCCCCCCCCCCCCCC)OC(=O)CC(C)CCC(C)C(=O)Oc1c(C)cc(COC(=O)n2ccc3c(N(C)[C@H]4CN(C(=O)CC#N)CC[C@H]4C)ncnc32)cc1C. The summed E-state index contributed by atoms with van der Waals surface area (Å²) in [5, 5.41) is 9.74. The van der Waals surface area contributed by atoms with Crippen molar-refractivity contribution in [2.24, 2.45) is 17.8 Å². The number of aryl methyl sites for hydroxylation is 2. The summed E-state index contributed by atoms with van der Waals surface area (Å²) >= 11 is 0. The Morgan fingerprint density at radius 2 is 1.20 bits per heavy atom. The fraction of sp³-hybridized carbons (Fsp3) is 0.729. The van der Waals surface area contributed by atoms with Gasteiger partial charge in [0.1, 0.15) is 44.1 Å². The van der Waals surface area contributed by atoms with Gasteiger partial charge in [0, 0.05) is 45.6 Å². The summed E-state index contributed by atoms with van der Waals surface area (Å²) in [7, 11) is 1.91. The molecule has 2 unspecified atom stereocenters. The number of carbonyl (C=O) groups excluding carboxylic acids is 6. The summed E-state index contributed by atoms with van der Waals surface area (Å²) in [4.78, 5) is 91.4. The van der Waals surface area contributed by atoms with E-state index in [4.69, 9.17) is 28.9 Å². The monoisotopic (exact) mass is 1210 g/mol. The first kappa shape index (κ1) is 73.4. The largest absolute Gasteiger partial charge is 0.462 e. The van der Waals surface area contributed by atoms with Crippen LogP contribution < -0.4 is 9.64 Å². The molecule has 1 amide bonds. The Morgan fingerprint density at radius 1 is 0.690 bits per heavy atom. The average molecular weight is 1210 g/mol. The summed E-state index contributed by atoms with van der Waals surface area (Å²) < 4.78 is 30.1. The Kier molecular flexibility index (Phi) is 36.1. The van der Waals surface area contributed by atoms with E-state index in [0.717, 1.165) is 44.9 Å². The van der Waals surface area contributed by atoms with Crippen molar-refractivity contribution in [3.8, 4) is 11.8 Å². The van der Waals surface area contributed by atoms with Crippen LogP contribution in [0, 0.1) is 42.9 Å². The molecular formula is C70H110N6O11. The molecule has 0 saturated carbocycles. The zero-order valence-corrected chi connectivity index (χ0v) is 54.8. The number of hydrogen-bond donors (Lipinski definition) is 0. The number of hydrogen-bond acceptors (Lipinski definition) is 15. The number of aromatic nitrogens is 3. The molecule has 1 fully saturated rings. The maximum Gasteiger partial charge on any atom is 0.420 e. The van der Waals surface area contributed by atoms with Crippen LogP contribution in [-0.2, 0) is 49.5 Å². The third-order valence-electron chi connectivity index (χ3n) is 17.2. The third-order valence-corrected chi connectivity index (χ3v) is 17.2.